The zero-order valence-corrected chi connectivity index (χ0v) is 24.6. The molecule has 0 saturated carbocycles. The zero-order valence-electron chi connectivity index (χ0n) is 23.0. The van der Waals surface area contributed by atoms with E-state index in [1.165, 1.54) is 12.3 Å². The van der Waals surface area contributed by atoms with E-state index in [0.29, 0.717) is 53.3 Å². The van der Waals surface area contributed by atoms with Crippen LogP contribution in [0.2, 0.25) is 0 Å². The Hall–Kier alpha value is -3.98. The number of rotatable bonds is 12. The van der Waals surface area contributed by atoms with E-state index < -0.39 is 0 Å². The molecule has 1 aromatic heterocycles. The average Bonchev–Trinajstić information content (AvgIpc) is 2.96. The minimum Gasteiger partial charge on any atom is -0.491 e. The van der Waals surface area contributed by atoms with E-state index in [-0.39, 0.29) is 11.9 Å². The first kappa shape index (κ1) is 30.0. The topological polar surface area (TPSA) is 120 Å². The van der Waals surface area contributed by atoms with Crippen LogP contribution in [-0.4, -0.2) is 79.1 Å². The molecule has 4 rings (SSSR count). The molecule has 0 bridgehead atoms. The predicted octanol–water partition coefficient (Wildman–Crippen LogP) is 4.69. The number of esters is 1. The Kier molecular flexibility index (Phi) is 10.7. The standard InChI is InChI=1S/C30H33BrN6O4/c1-3-28(38)35-26-16-24-25(33-19-21(18-32)30(24)34-23-8-5-7-22(31)15-23)17-27(26)41-14-6-9-36-10-12-37(13-11-36)20-29(39)40-4-2/h3,5,7-8,15-17,19H,1,4,6,9-14,20H2,2H3,(H,33,34)(H,35,38). The molecule has 1 aliphatic heterocycles. The lowest BCUT2D eigenvalue weighted by atomic mass is 10.1. The highest BCUT2D eigenvalue weighted by Crippen LogP contribution is 2.36. The quantitative estimate of drug-likeness (QED) is 0.169. The summed E-state index contributed by atoms with van der Waals surface area (Å²) in [4.78, 5) is 32.9. The highest BCUT2D eigenvalue weighted by atomic mass is 79.9. The van der Waals surface area contributed by atoms with Crippen molar-refractivity contribution in [1.29, 1.82) is 5.26 Å². The molecule has 0 spiro atoms. The molecule has 2 aromatic carbocycles. The normalized spacial score (nSPS) is 13.8. The Morgan fingerprint density at radius 3 is 2.68 bits per heavy atom. The van der Waals surface area contributed by atoms with Crippen LogP contribution in [0.15, 0.2) is 59.7 Å². The van der Waals surface area contributed by atoms with Gasteiger partial charge in [0.2, 0.25) is 5.91 Å². The van der Waals surface area contributed by atoms with Crippen LogP contribution in [0.25, 0.3) is 10.9 Å². The number of carbonyl (C=O) groups excluding carboxylic acids is 2. The summed E-state index contributed by atoms with van der Waals surface area (Å²) < 4.78 is 12.1. The summed E-state index contributed by atoms with van der Waals surface area (Å²) in [6.07, 6.45) is 3.50. The van der Waals surface area contributed by atoms with E-state index in [9.17, 15) is 14.9 Å². The predicted molar refractivity (Wildman–Crippen MR) is 162 cm³/mol. The number of hydrogen-bond acceptors (Lipinski definition) is 9. The third-order valence-corrected chi connectivity index (χ3v) is 7.12. The van der Waals surface area contributed by atoms with Gasteiger partial charge in [-0.25, -0.2) is 0 Å². The largest absolute Gasteiger partial charge is 0.491 e. The Morgan fingerprint density at radius 1 is 1.20 bits per heavy atom. The summed E-state index contributed by atoms with van der Waals surface area (Å²) in [6, 6.07) is 13.4. The van der Waals surface area contributed by atoms with E-state index >= 15 is 0 Å². The van der Waals surface area contributed by atoms with E-state index in [1.54, 1.807) is 12.1 Å². The van der Waals surface area contributed by atoms with Crippen LogP contribution in [0.4, 0.5) is 17.1 Å². The van der Waals surface area contributed by atoms with Gasteiger partial charge in [0, 0.05) is 60.5 Å². The van der Waals surface area contributed by atoms with Gasteiger partial charge in [-0.05, 0) is 43.7 Å². The van der Waals surface area contributed by atoms with Gasteiger partial charge in [0.25, 0.3) is 0 Å². The molecule has 214 valence electrons. The molecule has 1 amide bonds. The second kappa shape index (κ2) is 14.6. The van der Waals surface area contributed by atoms with E-state index in [4.69, 9.17) is 9.47 Å². The highest BCUT2D eigenvalue weighted by Gasteiger charge is 2.20. The minimum atomic E-state index is -0.374. The van der Waals surface area contributed by atoms with Crippen LogP contribution < -0.4 is 15.4 Å². The number of carbonyl (C=O) groups is 2. The molecule has 0 atom stereocenters. The van der Waals surface area contributed by atoms with E-state index in [2.05, 4.69) is 54.0 Å². The fraction of sp³-hybridized carbons (Fsp3) is 0.333. The lowest BCUT2D eigenvalue weighted by Crippen LogP contribution is -2.48. The van der Waals surface area contributed by atoms with E-state index in [1.807, 2.05) is 31.2 Å². The summed E-state index contributed by atoms with van der Waals surface area (Å²) in [5.41, 5.74) is 2.82. The van der Waals surface area contributed by atoms with Gasteiger partial charge < -0.3 is 25.0 Å². The van der Waals surface area contributed by atoms with Crippen molar-refractivity contribution < 1.29 is 19.1 Å². The SMILES string of the molecule is C=CC(=O)Nc1cc2c(Nc3cccc(Br)c3)c(C#N)cnc2cc1OCCCN1CCN(CC(=O)OCC)CC1. The number of benzene rings is 2. The van der Waals surface area contributed by atoms with Crippen LogP contribution in [0.1, 0.15) is 18.9 Å². The van der Waals surface area contributed by atoms with Crippen molar-refractivity contribution in [3.8, 4) is 11.8 Å². The first-order valence-electron chi connectivity index (χ1n) is 13.5. The van der Waals surface area contributed by atoms with Crippen LogP contribution >= 0.6 is 15.9 Å². The van der Waals surface area contributed by atoms with Gasteiger partial charge in [0.05, 0.1) is 42.2 Å². The van der Waals surface area contributed by atoms with Crippen molar-refractivity contribution in [3.05, 3.63) is 65.3 Å². The van der Waals surface area contributed by atoms with Crippen LogP contribution in [-0.2, 0) is 14.3 Å². The number of pyridine rings is 1. The lowest BCUT2D eigenvalue weighted by Gasteiger charge is -2.34. The van der Waals surface area contributed by atoms with Crippen molar-refractivity contribution in [2.24, 2.45) is 0 Å². The van der Waals surface area contributed by atoms with Crippen molar-refractivity contribution in [3.63, 3.8) is 0 Å². The number of fused-ring (bicyclic) bond motifs is 1. The maximum absolute atomic E-state index is 12.3. The van der Waals surface area contributed by atoms with Gasteiger partial charge in [-0.15, -0.1) is 0 Å². The average molecular weight is 622 g/mol. The molecule has 10 nitrogen and oxygen atoms in total. The number of nitrogens with one attached hydrogen (secondary N) is 2. The Balaban J connectivity index is 1.46. The third-order valence-electron chi connectivity index (χ3n) is 6.63. The number of halogens is 1. The Bertz CT molecular complexity index is 1450. The molecule has 1 aliphatic rings. The molecule has 2 N–H and O–H groups in total. The summed E-state index contributed by atoms with van der Waals surface area (Å²) in [7, 11) is 0. The fourth-order valence-corrected chi connectivity index (χ4v) is 4.98. The molecule has 11 heteroatoms. The molecule has 0 unspecified atom stereocenters. The summed E-state index contributed by atoms with van der Waals surface area (Å²) >= 11 is 3.48. The highest BCUT2D eigenvalue weighted by molar-refractivity contribution is 9.10. The summed E-state index contributed by atoms with van der Waals surface area (Å²) in [6.45, 7) is 10.7. The van der Waals surface area contributed by atoms with Gasteiger partial charge in [-0.3, -0.25) is 19.5 Å². The zero-order chi connectivity index (χ0) is 29.2. The number of amides is 1. The third kappa shape index (κ3) is 8.27. The number of hydrogen-bond donors (Lipinski definition) is 2. The van der Waals surface area contributed by atoms with Gasteiger partial charge in [-0.2, -0.15) is 5.26 Å². The van der Waals surface area contributed by atoms with Crippen LogP contribution in [0.3, 0.4) is 0 Å². The molecule has 0 radical (unpaired) electrons. The van der Waals surface area contributed by atoms with Gasteiger partial charge in [0.1, 0.15) is 11.8 Å². The number of nitrogens with zero attached hydrogens (tertiary/aromatic N) is 4. The molecule has 1 saturated heterocycles. The fourth-order valence-electron chi connectivity index (χ4n) is 4.58. The molecule has 2 heterocycles. The van der Waals surface area contributed by atoms with Crippen molar-refractivity contribution in [2.75, 3.05) is 63.1 Å². The monoisotopic (exact) mass is 620 g/mol. The molecule has 3 aromatic rings. The number of aromatic nitrogens is 1. The number of piperazine rings is 1. The Labute approximate surface area is 248 Å². The second-order valence-electron chi connectivity index (χ2n) is 9.48. The summed E-state index contributed by atoms with van der Waals surface area (Å²) in [5.74, 6) is -0.0724. The molecular weight excluding hydrogens is 588 g/mol. The van der Waals surface area contributed by atoms with Crippen LogP contribution in [0.5, 0.6) is 5.75 Å². The summed E-state index contributed by atoms with van der Waals surface area (Å²) in [5, 5.41) is 16.6. The molecule has 41 heavy (non-hydrogen) atoms. The molecular formula is C30H33BrN6O4. The number of nitriles is 1. The second-order valence-corrected chi connectivity index (χ2v) is 10.4. The minimum absolute atomic E-state index is 0.182. The first-order chi connectivity index (χ1) is 19.9. The maximum Gasteiger partial charge on any atom is 0.320 e. The molecule has 0 aliphatic carbocycles. The van der Waals surface area contributed by atoms with Gasteiger partial charge >= 0.3 is 5.97 Å². The number of anilines is 3. The van der Waals surface area contributed by atoms with Crippen molar-refractivity contribution in [2.45, 2.75) is 13.3 Å². The Morgan fingerprint density at radius 2 is 1.98 bits per heavy atom. The van der Waals surface area contributed by atoms with Crippen molar-refractivity contribution >= 4 is 55.8 Å². The lowest BCUT2D eigenvalue weighted by molar-refractivity contribution is -0.144. The smallest absolute Gasteiger partial charge is 0.320 e. The van der Waals surface area contributed by atoms with Crippen molar-refractivity contribution in [1.82, 2.24) is 14.8 Å². The van der Waals surface area contributed by atoms with Gasteiger partial charge in [0.15, 0.2) is 0 Å². The number of ether oxygens (including phenoxy) is 2. The van der Waals surface area contributed by atoms with Crippen LogP contribution in [0, 0.1) is 11.3 Å². The first-order valence-corrected chi connectivity index (χ1v) is 14.3. The maximum atomic E-state index is 12.3. The van der Waals surface area contributed by atoms with Gasteiger partial charge in [-0.1, -0.05) is 28.6 Å². The molecule has 1 fully saturated rings. The van der Waals surface area contributed by atoms with E-state index in [0.717, 1.165) is 49.3 Å².